The van der Waals surface area contributed by atoms with Crippen molar-refractivity contribution in [3.05, 3.63) is 66.4 Å². The molecule has 26 heavy (non-hydrogen) atoms. The van der Waals surface area contributed by atoms with Crippen LogP contribution in [0.2, 0.25) is 0 Å². The van der Waals surface area contributed by atoms with Gasteiger partial charge in [0.2, 0.25) is 0 Å². The third-order valence-electron chi connectivity index (χ3n) is 4.81. The number of carbonyl (C=O) groups excluding carboxylic acids is 1. The van der Waals surface area contributed by atoms with Gasteiger partial charge in [0.1, 0.15) is 0 Å². The van der Waals surface area contributed by atoms with Gasteiger partial charge in [-0.05, 0) is 36.8 Å². The van der Waals surface area contributed by atoms with Crippen LogP contribution in [0.25, 0.3) is 10.9 Å². The first-order chi connectivity index (χ1) is 12.7. The minimum atomic E-state index is -0.0629. The van der Waals surface area contributed by atoms with E-state index in [1.54, 1.807) is 6.20 Å². The molecule has 3 aromatic rings. The quantitative estimate of drug-likeness (QED) is 0.766. The van der Waals surface area contributed by atoms with Crippen molar-refractivity contribution in [2.75, 3.05) is 36.4 Å². The number of hydrogen-bond donors (Lipinski definition) is 1. The molecule has 1 aromatic heterocycles. The van der Waals surface area contributed by atoms with Crippen molar-refractivity contribution in [1.29, 1.82) is 0 Å². The molecule has 0 atom stereocenters. The Bertz CT molecular complexity index is 927. The van der Waals surface area contributed by atoms with Crippen molar-refractivity contribution in [2.45, 2.75) is 6.92 Å². The second kappa shape index (κ2) is 7.04. The number of fused-ring (bicyclic) bond motifs is 1. The molecule has 2 amide bonds. The Hall–Kier alpha value is -3.08. The molecule has 1 saturated heterocycles. The maximum absolute atomic E-state index is 12.7. The van der Waals surface area contributed by atoms with E-state index in [1.165, 1.54) is 11.3 Å². The zero-order valence-corrected chi connectivity index (χ0v) is 14.9. The van der Waals surface area contributed by atoms with Gasteiger partial charge in [-0.1, -0.05) is 30.3 Å². The number of anilines is 2. The highest BCUT2D eigenvalue weighted by molar-refractivity contribution is 5.99. The number of aromatic nitrogens is 1. The van der Waals surface area contributed by atoms with Gasteiger partial charge in [0.25, 0.3) is 0 Å². The summed E-state index contributed by atoms with van der Waals surface area (Å²) in [6, 6.07) is 18.2. The van der Waals surface area contributed by atoms with E-state index in [-0.39, 0.29) is 6.03 Å². The average Bonchev–Trinajstić information content (AvgIpc) is 2.68. The highest BCUT2D eigenvalue weighted by Crippen LogP contribution is 2.22. The van der Waals surface area contributed by atoms with E-state index in [0.717, 1.165) is 29.7 Å². The molecular formula is C21H22N4O. The standard InChI is InChI=1S/C21H22N4O/c1-16-5-2-8-18(15-16)24-11-13-25(14-12-24)21(26)23-19-9-3-6-17-7-4-10-22-20(17)19/h2-10,15H,11-14H2,1H3,(H,23,26). The summed E-state index contributed by atoms with van der Waals surface area (Å²) in [7, 11) is 0. The van der Waals surface area contributed by atoms with Gasteiger partial charge in [0.15, 0.2) is 0 Å². The number of benzene rings is 2. The first-order valence-electron chi connectivity index (χ1n) is 8.92. The van der Waals surface area contributed by atoms with Gasteiger partial charge in [-0.25, -0.2) is 4.79 Å². The van der Waals surface area contributed by atoms with Crippen molar-refractivity contribution in [3.8, 4) is 0 Å². The van der Waals surface area contributed by atoms with Crippen LogP contribution in [0.15, 0.2) is 60.8 Å². The first-order valence-corrected chi connectivity index (χ1v) is 8.92. The smallest absolute Gasteiger partial charge is 0.322 e. The Kier molecular flexibility index (Phi) is 4.44. The molecule has 0 radical (unpaired) electrons. The fourth-order valence-corrected chi connectivity index (χ4v) is 3.39. The molecule has 0 saturated carbocycles. The number of aryl methyl sites for hydroxylation is 1. The van der Waals surface area contributed by atoms with E-state index in [0.29, 0.717) is 13.1 Å². The Morgan fingerprint density at radius 1 is 1.00 bits per heavy atom. The lowest BCUT2D eigenvalue weighted by Crippen LogP contribution is -2.50. The minimum absolute atomic E-state index is 0.0629. The zero-order chi connectivity index (χ0) is 17.9. The average molecular weight is 346 g/mol. The number of nitrogens with zero attached hydrogens (tertiary/aromatic N) is 3. The summed E-state index contributed by atoms with van der Waals surface area (Å²) in [5.74, 6) is 0. The summed E-state index contributed by atoms with van der Waals surface area (Å²) in [5, 5.41) is 4.05. The van der Waals surface area contributed by atoms with E-state index in [2.05, 4.69) is 46.4 Å². The summed E-state index contributed by atoms with van der Waals surface area (Å²) in [5.41, 5.74) is 4.06. The minimum Gasteiger partial charge on any atom is -0.368 e. The molecule has 0 spiro atoms. The van der Waals surface area contributed by atoms with Crippen molar-refractivity contribution in [1.82, 2.24) is 9.88 Å². The van der Waals surface area contributed by atoms with Crippen LogP contribution in [0.3, 0.4) is 0 Å². The van der Waals surface area contributed by atoms with Gasteiger partial charge in [-0.15, -0.1) is 0 Å². The third-order valence-corrected chi connectivity index (χ3v) is 4.81. The summed E-state index contributed by atoms with van der Waals surface area (Å²) in [6.07, 6.45) is 1.75. The number of para-hydroxylation sites is 1. The van der Waals surface area contributed by atoms with E-state index in [9.17, 15) is 4.79 Å². The topological polar surface area (TPSA) is 48.5 Å². The molecule has 1 aliphatic heterocycles. The van der Waals surface area contributed by atoms with Crippen LogP contribution in [0.1, 0.15) is 5.56 Å². The molecule has 2 heterocycles. The van der Waals surface area contributed by atoms with Crippen molar-refractivity contribution >= 4 is 28.3 Å². The highest BCUT2D eigenvalue weighted by Gasteiger charge is 2.21. The number of pyridine rings is 1. The number of amides is 2. The molecule has 132 valence electrons. The largest absolute Gasteiger partial charge is 0.368 e. The Labute approximate surface area is 153 Å². The molecule has 0 unspecified atom stereocenters. The van der Waals surface area contributed by atoms with Crippen molar-refractivity contribution in [3.63, 3.8) is 0 Å². The van der Waals surface area contributed by atoms with Gasteiger partial charge < -0.3 is 15.1 Å². The maximum Gasteiger partial charge on any atom is 0.322 e. The second-order valence-electron chi connectivity index (χ2n) is 6.62. The predicted octanol–water partition coefficient (Wildman–Crippen LogP) is 3.90. The number of nitrogens with one attached hydrogen (secondary N) is 1. The van der Waals surface area contributed by atoms with E-state index < -0.39 is 0 Å². The Morgan fingerprint density at radius 2 is 1.77 bits per heavy atom. The van der Waals surface area contributed by atoms with Crippen LogP contribution < -0.4 is 10.2 Å². The van der Waals surface area contributed by atoms with Crippen LogP contribution in [0.5, 0.6) is 0 Å². The summed E-state index contributed by atoms with van der Waals surface area (Å²) in [4.78, 5) is 21.3. The molecule has 0 aliphatic carbocycles. The van der Waals surface area contributed by atoms with Crippen molar-refractivity contribution in [2.24, 2.45) is 0 Å². The zero-order valence-electron chi connectivity index (χ0n) is 14.9. The molecule has 1 N–H and O–H groups in total. The van der Waals surface area contributed by atoms with Crippen LogP contribution in [-0.4, -0.2) is 42.1 Å². The van der Waals surface area contributed by atoms with Gasteiger partial charge in [-0.3, -0.25) is 4.98 Å². The number of hydrogen-bond acceptors (Lipinski definition) is 3. The third kappa shape index (κ3) is 3.33. The lowest BCUT2D eigenvalue weighted by Gasteiger charge is -2.36. The van der Waals surface area contributed by atoms with Crippen LogP contribution >= 0.6 is 0 Å². The van der Waals surface area contributed by atoms with Crippen LogP contribution in [0, 0.1) is 6.92 Å². The number of carbonyl (C=O) groups is 1. The first kappa shape index (κ1) is 16.4. The van der Waals surface area contributed by atoms with Gasteiger partial charge >= 0.3 is 6.03 Å². The Morgan fingerprint density at radius 3 is 2.58 bits per heavy atom. The van der Waals surface area contributed by atoms with Crippen LogP contribution in [-0.2, 0) is 0 Å². The van der Waals surface area contributed by atoms with Gasteiger partial charge in [0.05, 0.1) is 11.2 Å². The SMILES string of the molecule is Cc1cccc(N2CCN(C(=O)Nc3cccc4cccnc34)CC2)c1. The van der Waals surface area contributed by atoms with E-state index >= 15 is 0 Å². The molecule has 4 rings (SSSR count). The summed E-state index contributed by atoms with van der Waals surface area (Å²) < 4.78 is 0. The highest BCUT2D eigenvalue weighted by atomic mass is 16.2. The summed E-state index contributed by atoms with van der Waals surface area (Å²) >= 11 is 0. The molecule has 2 aromatic carbocycles. The molecule has 1 aliphatic rings. The van der Waals surface area contributed by atoms with Gasteiger partial charge in [-0.2, -0.15) is 0 Å². The molecule has 1 fully saturated rings. The fourth-order valence-electron chi connectivity index (χ4n) is 3.39. The normalized spacial score (nSPS) is 14.5. The van der Waals surface area contributed by atoms with Crippen LogP contribution in [0.4, 0.5) is 16.2 Å². The Balaban J connectivity index is 1.42. The molecule has 5 nitrogen and oxygen atoms in total. The lowest BCUT2D eigenvalue weighted by molar-refractivity contribution is 0.208. The summed E-state index contributed by atoms with van der Waals surface area (Å²) in [6.45, 7) is 5.19. The van der Waals surface area contributed by atoms with E-state index in [4.69, 9.17) is 0 Å². The number of piperazine rings is 1. The fraction of sp³-hybridized carbons (Fsp3) is 0.238. The van der Waals surface area contributed by atoms with Crippen molar-refractivity contribution < 1.29 is 4.79 Å². The number of rotatable bonds is 2. The van der Waals surface area contributed by atoms with Gasteiger partial charge in [0, 0.05) is 43.4 Å². The maximum atomic E-state index is 12.7. The second-order valence-corrected chi connectivity index (χ2v) is 6.62. The lowest BCUT2D eigenvalue weighted by atomic mass is 10.2. The number of urea groups is 1. The van der Waals surface area contributed by atoms with E-state index in [1.807, 2.05) is 35.2 Å². The predicted molar refractivity (Wildman–Crippen MR) is 106 cm³/mol. The molecular weight excluding hydrogens is 324 g/mol. The molecule has 5 heteroatoms. The monoisotopic (exact) mass is 346 g/mol. The molecule has 0 bridgehead atoms.